The Balaban J connectivity index is 2.11. The van der Waals surface area contributed by atoms with Crippen molar-refractivity contribution in [1.82, 2.24) is 5.32 Å². The van der Waals surface area contributed by atoms with Crippen LogP contribution in [-0.2, 0) is 0 Å². The Morgan fingerprint density at radius 3 is 2.53 bits per heavy atom. The third kappa shape index (κ3) is 2.44. The number of halogens is 1. The lowest BCUT2D eigenvalue weighted by Crippen LogP contribution is -2.41. The molecule has 0 aromatic heterocycles. The van der Waals surface area contributed by atoms with Gasteiger partial charge in [0.1, 0.15) is 11.5 Å². The predicted molar refractivity (Wildman–Crippen MR) is 58.7 cm³/mol. The van der Waals surface area contributed by atoms with E-state index in [4.69, 9.17) is 21.4 Å². The second kappa shape index (κ2) is 3.87. The van der Waals surface area contributed by atoms with Crippen molar-refractivity contribution < 1.29 is 9.84 Å². The number of aromatic hydroxyl groups is 1. The third-order valence-corrected chi connectivity index (χ3v) is 2.21. The molecule has 1 aliphatic heterocycles. The Bertz CT molecular complexity index is 400. The maximum Gasteiger partial charge on any atom is 0.278 e. The minimum Gasteiger partial charge on any atom is -0.508 e. The lowest BCUT2D eigenvalue weighted by Gasteiger charge is -2.26. The zero-order valence-corrected chi connectivity index (χ0v) is 8.61. The van der Waals surface area contributed by atoms with E-state index in [-0.39, 0.29) is 5.75 Å². The maximum atomic E-state index is 9.10. The Morgan fingerprint density at radius 1 is 1.20 bits per heavy atom. The Kier molecular flexibility index (Phi) is 2.56. The number of ether oxygens (including phenoxy) is 1. The van der Waals surface area contributed by atoms with Crippen molar-refractivity contribution in [3.63, 3.8) is 0 Å². The van der Waals surface area contributed by atoms with Gasteiger partial charge >= 0.3 is 0 Å². The fraction of sp³-hybridized carbons (Fsp3) is 0.0909. The second-order valence-corrected chi connectivity index (χ2v) is 3.67. The highest BCUT2D eigenvalue weighted by Crippen LogP contribution is 2.24. The number of alkyl halides is 1. The molecule has 0 spiro atoms. The molecular formula is C11H10ClNO2. The number of allylic oxidation sites excluding steroid dienone is 2. The summed E-state index contributed by atoms with van der Waals surface area (Å²) in [5.41, 5.74) is 0. The van der Waals surface area contributed by atoms with Gasteiger partial charge in [0.15, 0.2) is 0 Å². The zero-order valence-electron chi connectivity index (χ0n) is 7.85. The van der Waals surface area contributed by atoms with Crippen molar-refractivity contribution in [2.24, 2.45) is 0 Å². The van der Waals surface area contributed by atoms with Crippen LogP contribution < -0.4 is 10.1 Å². The van der Waals surface area contributed by atoms with Crippen molar-refractivity contribution >= 4 is 11.6 Å². The summed E-state index contributed by atoms with van der Waals surface area (Å²) in [6.45, 7) is 0. The van der Waals surface area contributed by atoms with E-state index in [1.807, 2.05) is 6.08 Å². The molecule has 1 aliphatic rings. The van der Waals surface area contributed by atoms with Crippen LogP contribution in [0.2, 0.25) is 0 Å². The average molecular weight is 224 g/mol. The van der Waals surface area contributed by atoms with E-state index in [0.717, 1.165) is 0 Å². The molecule has 15 heavy (non-hydrogen) atoms. The van der Waals surface area contributed by atoms with Gasteiger partial charge in [0.2, 0.25) is 0 Å². The third-order valence-electron chi connectivity index (χ3n) is 1.90. The summed E-state index contributed by atoms with van der Waals surface area (Å²) >= 11 is 6.12. The van der Waals surface area contributed by atoms with Gasteiger partial charge in [0.25, 0.3) is 5.18 Å². The minimum atomic E-state index is -1.05. The highest BCUT2D eigenvalue weighted by molar-refractivity contribution is 6.24. The van der Waals surface area contributed by atoms with E-state index >= 15 is 0 Å². The predicted octanol–water partition coefficient (Wildman–Crippen LogP) is 2.34. The first kappa shape index (κ1) is 9.93. The molecule has 0 amide bonds. The summed E-state index contributed by atoms with van der Waals surface area (Å²) in [5, 5.41) is 10.9. The van der Waals surface area contributed by atoms with Crippen molar-refractivity contribution in [2.75, 3.05) is 0 Å². The normalized spacial score (nSPS) is 23.5. The SMILES string of the molecule is Oc1ccc(OC2(Cl)C=CC=CN2)cc1. The number of nitrogens with one attached hydrogen (secondary N) is 1. The molecule has 0 aliphatic carbocycles. The van der Waals surface area contributed by atoms with Gasteiger partial charge in [0.05, 0.1) is 0 Å². The van der Waals surface area contributed by atoms with Gasteiger partial charge in [-0.15, -0.1) is 0 Å². The molecule has 1 atom stereocenters. The van der Waals surface area contributed by atoms with Gasteiger partial charge in [0, 0.05) is 6.20 Å². The number of phenols is 1. The molecule has 0 fully saturated rings. The van der Waals surface area contributed by atoms with E-state index in [0.29, 0.717) is 5.75 Å². The van der Waals surface area contributed by atoms with Crippen LogP contribution in [-0.4, -0.2) is 10.3 Å². The van der Waals surface area contributed by atoms with Crippen LogP contribution in [0, 0.1) is 0 Å². The summed E-state index contributed by atoms with van der Waals surface area (Å²) in [6, 6.07) is 6.37. The van der Waals surface area contributed by atoms with Crippen molar-refractivity contribution in [1.29, 1.82) is 0 Å². The van der Waals surface area contributed by atoms with Crippen molar-refractivity contribution in [3.8, 4) is 11.5 Å². The summed E-state index contributed by atoms with van der Waals surface area (Å²) in [7, 11) is 0. The van der Waals surface area contributed by atoms with E-state index in [9.17, 15) is 0 Å². The molecule has 1 aromatic rings. The number of hydrogen-bond acceptors (Lipinski definition) is 3. The molecule has 1 aromatic carbocycles. The van der Waals surface area contributed by atoms with E-state index in [1.54, 1.807) is 30.5 Å². The minimum absolute atomic E-state index is 0.193. The van der Waals surface area contributed by atoms with Gasteiger partial charge in [-0.2, -0.15) is 0 Å². The average Bonchev–Trinajstić information content (AvgIpc) is 2.22. The molecule has 3 nitrogen and oxygen atoms in total. The van der Waals surface area contributed by atoms with Crippen LogP contribution in [0.15, 0.2) is 48.7 Å². The highest BCUT2D eigenvalue weighted by atomic mass is 35.5. The quantitative estimate of drug-likeness (QED) is 0.597. The first-order valence-corrected chi connectivity index (χ1v) is 4.85. The standard InChI is InChI=1S/C11H10ClNO2/c12-11(7-1-2-8-13-11)15-10-5-3-9(14)4-6-10/h1-8,13-14H. The molecule has 2 rings (SSSR count). The topological polar surface area (TPSA) is 41.5 Å². The number of dihydropyridines is 1. The number of phenolic OH excluding ortho intramolecular Hbond substituents is 1. The molecule has 0 saturated heterocycles. The number of benzene rings is 1. The second-order valence-electron chi connectivity index (χ2n) is 3.10. The highest BCUT2D eigenvalue weighted by Gasteiger charge is 2.25. The van der Waals surface area contributed by atoms with Crippen molar-refractivity contribution in [2.45, 2.75) is 5.18 Å². The summed E-state index contributed by atoms with van der Waals surface area (Å²) in [4.78, 5) is 0. The Morgan fingerprint density at radius 2 is 1.93 bits per heavy atom. The van der Waals surface area contributed by atoms with Crippen LogP contribution in [0.5, 0.6) is 11.5 Å². The summed E-state index contributed by atoms with van der Waals surface area (Å²) < 4.78 is 5.50. The molecule has 1 unspecified atom stereocenters. The van der Waals surface area contributed by atoms with E-state index in [2.05, 4.69) is 5.32 Å². The zero-order chi connectivity index (χ0) is 10.7. The lowest BCUT2D eigenvalue weighted by atomic mass is 10.3. The van der Waals surface area contributed by atoms with Gasteiger partial charge < -0.3 is 15.2 Å². The van der Waals surface area contributed by atoms with Crippen LogP contribution in [0.4, 0.5) is 0 Å². The molecule has 0 radical (unpaired) electrons. The maximum absolute atomic E-state index is 9.10. The van der Waals surface area contributed by atoms with Crippen LogP contribution in [0.3, 0.4) is 0 Å². The summed E-state index contributed by atoms with van der Waals surface area (Å²) in [5.74, 6) is 0.772. The monoisotopic (exact) mass is 223 g/mol. The number of hydrogen-bond donors (Lipinski definition) is 2. The molecule has 4 heteroatoms. The summed E-state index contributed by atoms with van der Waals surface area (Å²) in [6.07, 6.45) is 7.01. The van der Waals surface area contributed by atoms with Gasteiger partial charge in [-0.25, -0.2) is 0 Å². The first-order chi connectivity index (χ1) is 7.18. The Hall–Kier alpha value is -1.61. The lowest BCUT2D eigenvalue weighted by molar-refractivity contribution is 0.184. The largest absolute Gasteiger partial charge is 0.508 e. The molecule has 0 bridgehead atoms. The molecule has 2 N–H and O–H groups in total. The molecule has 78 valence electrons. The Labute approximate surface area is 92.6 Å². The van der Waals surface area contributed by atoms with Crippen LogP contribution in [0.25, 0.3) is 0 Å². The molecule has 1 heterocycles. The van der Waals surface area contributed by atoms with E-state index in [1.165, 1.54) is 12.1 Å². The van der Waals surface area contributed by atoms with Gasteiger partial charge in [-0.05, 0) is 48.0 Å². The molecular weight excluding hydrogens is 214 g/mol. The molecule has 0 saturated carbocycles. The van der Waals surface area contributed by atoms with Gasteiger partial charge in [-0.1, -0.05) is 6.08 Å². The fourth-order valence-electron chi connectivity index (χ4n) is 1.19. The van der Waals surface area contributed by atoms with Gasteiger partial charge in [-0.3, -0.25) is 0 Å². The smallest absolute Gasteiger partial charge is 0.278 e. The van der Waals surface area contributed by atoms with E-state index < -0.39 is 5.18 Å². The fourth-order valence-corrected chi connectivity index (χ4v) is 1.42. The first-order valence-electron chi connectivity index (χ1n) is 4.47. The number of rotatable bonds is 2. The van der Waals surface area contributed by atoms with Crippen molar-refractivity contribution in [3.05, 3.63) is 48.7 Å². The van der Waals surface area contributed by atoms with Crippen LogP contribution >= 0.6 is 11.6 Å². The van der Waals surface area contributed by atoms with Crippen LogP contribution in [0.1, 0.15) is 0 Å².